The monoisotopic (exact) mass is 466 g/mol. The Hall–Kier alpha value is -2.98. The van der Waals surface area contributed by atoms with Gasteiger partial charge in [-0.1, -0.05) is 20.8 Å². The van der Waals surface area contributed by atoms with Gasteiger partial charge in [-0.15, -0.1) is 0 Å². The quantitative estimate of drug-likeness (QED) is 0.387. The number of hydrogen-bond acceptors (Lipinski definition) is 7. The number of likely N-dealkylation sites (tertiary alicyclic amines) is 1. The number of Topliss-reactive ketones (excluding diaryl/α,β-unsaturated/α-hetero) is 1. The number of nitrogens with zero attached hydrogens (tertiary/aromatic N) is 1. The van der Waals surface area contributed by atoms with E-state index < -0.39 is 53.3 Å². The molecule has 0 bridgehead atoms. The largest absolute Gasteiger partial charge is 0.451 e. The van der Waals surface area contributed by atoms with Crippen LogP contribution in [0, 0.1) is 5.41 Å². The number of ketones is 1. The maximum atomic E-state index is 13.0. The Kier molecular flexibility index (Phi) is 8.57. The van der Waals surface area contributed by atoms with E-state index in [0.29, 0.717) is 19.4 Å². The summed E-state index contributed by atoms with van der Waals surface area (Å²) < 4.78 is 5.32. The van der Waals surface area contributed by atoms with E-state index in [4.69, 9.17) is 10.5 Å². The maximum absolute atomic E-state index is 13.0. The lowest BCUT2D eigenvalue weighted by molar-refractivity contribution is -0.162. The number of esters is 1. The third-order valence-corrected chi connectivity index (χ3v) is 5.81. The van der Waals surface area contributed by atoms with Crippen LogP contribution in [0.1, 0.15) is 66.2 Å². The predicted octanol–water partition coefficient (Wildman–Crippen LogP) is -0.447. The molecule has 4 unspecified atom stereocenters. The highest BCUT2D eigenvalue weighted by molar-refractivity contribution is 5.95. The summed E-state index contributed by atoms with van der Waals surface area (Å²) in [4.78, 5) is 74.9. The highest BCUT2D eigenvalue weighted by Crippen LogP contribution is 2.27. The van der Waals surface area contributed by atoms with Crippen LogP contribution in [-0.2, 0) is 33.5 Å². The normalized spacial score (nSPS) is 22.3. The van der Waals surface area contributed by atoms with E-state index in [1.165, 1.54) is 11.8 Å². The molecule has 4 atom stereocenters. The number of nitrogens with one attached hydrogen (secondary N) is 2. The Labute approximate surface area is 193 Å². The lowest BCUT2D eigenvalue weighted by atomic mass is 9.85. The number of primary amides is 1. The number of nitrogens with two attached hydrogens (primary N) is 1. The van der Waals surface area contributed by atoms with Gasteiger partial charge >= 0.3 is 5.97 Å². The number of carbonyl (C=O) groups is 6. The van der Waals surface area contributed by atoms with Crippen LogP contribution < -0.4 is 16.4 Å². The molecule has 2 fully saturated rings. The molecule has 33 heavy (non-hydrogen) atoms. The van der Waals surface area contributed by atoms with Crippen LogP contribution in [0.5, 0.6) is 0 Å². The van der Waals surface area contributed by atoms with Crippen molar-refractivity contribution in [3.8, 4) is 0 Å². The smallest absolute Gasteiger partial charge is 0.329 e. The average molecular weight is 467 g/mol. The zero-order valence-electron chi connectivity index (χ0n) is 19.6. The van der Waals surface area contributed by atoms with E-state index in [1.54, 1.807) is 20.8 Å². The fourth-order valence-electron chi connectivity index (χ4n) is 3.96. The second-order valence-electron chi connectivity index (χ2n) is 9.61. The van der Waals surface area contributed by atoms with Crippen molar-refractivity contribution in [3.05, 3.63) is 0 Å². The molecule has 4 amide bonds. The number of rotatable bonds is 9. The number of amides is 4. The van der Waals surface area contributed by atoms with Gasteiger partial charge in [-0.25, -0.2) is 4.79 Å². The van der Waals surface area contributed by atoms with Crippen LogP contribution in [0.3, 0.4) is 0 Å². The lowest BCUT2D eigenvalue weighted by Gasteiger charge is -2.31. The highest BCUT2D eigenvalue weighted by Gasteiger charge is 2.41. The first-order chi connectivity index (χ1) is 15.3. The Bertz CT molecular complexity index is 820. The Balaban J connectivity index is 2.04. The van der Waals surface area contributed by atoms with E-state index in [0.717, 1.165) is 0 Å². The highest BCUT2D eigenvalue weighted by atomic mass is 16.5. The number of ether oxygens (including phenoxy) is 1. The molecule has 0 aliphatic carbocycles. The van der Waals surface area contributed by atoms with Crippen LogP contribution in [0.4, 0.5) is 0 Å². The van der Waals surface area contributed by atoms with Crippen molar-refractivity contribution in [1.29, 1.82) is 0 Å². The minimum Gasteiger partial charge on any atom is -0.451 e. The van der Waals surface area contributed by atoms with Crippen molar-refractivity contribution in [1.82, 2.24) is 15.5 Å². The molecule has 2 rings (SSSR count). The topological polar surface area (TPSA) is 165 Å². The van der Waals surface area contributed by atoms with Gasteiger partial charge in [-0.05, 0) is 32.6 Å². The minimum atomic E-state index is -1.22. The van der Waals surface area contributed by atoms with Crippen molar-refractivity contribution in [2.45, 2.75) is 90.4 Å². The summed E-state index contributed by atoms with van der Waals surface area (Å²) in [5, 5.41) is 4.98. The third kappa shape index (κ3) is 7.00. The molecule has 0 saturated carbocycles. The molecule has 2 heterocycles. The summed E-state index contributed by atoms with van der Waals surface area (Å²) in [5.41, 5.74) is 4.55. The molecule has 0 aromatic heterocycles. The van der Waals surface area contributed by atoms with Crippen LogP contribution in [-0.4, -0.2) is 71.1 Å². The molecular formula is C22H34N4O7. The van der Waals surface area contributed by atoms with Gasteiger partial charge in [-0.3, -0.25) is 24.0 Å². The molecule has 2 aliphatic heterocycles. The van der Waals surface area contributed by atoms with Crippen LogP contribution in [0.15, 0.2) is 0 Å². The number of hydrogen-bond donors (Lipinski definition) is 3. The standard InChI is InChI=1S/C22H34N4O7/c1-12(20(31)26-11-5-6-15(26)18(29)22(2,3)4)33-21(32)14(7-9-16(23)27)25-19(30)13-8-10-17(28)24-13/h12-15H,5-11H2,1-4H3,(H2,23,27)(H,24,28)(H,25,30). The molecule has 11 nitrogen and oxygen atoms in total. The maximum Gasteiger partial charge on any atom is 0.329 e. The van der Waals surface area contributed by atoms with Crippen molar-refractivity contribution < 1.29 is 33.5 Å². The SMILES string of the molecule is CC(OC(=O)C(CCC(N)=O)NC(=O)C1CCC(=O)N1)C(=O)N1CCCC1C(=O)C(C)(C)C. The molecule has 184 valence electrons. The first kappa shape index (κ1) is 26.3. The molecule has 0 aromatic rings. The van der Waals surface area contributed by atoms with Crippen molar-refractivity contribution in [2.75, 3.05) is 6.54 Å². The van der Waals surface area contributed by atoms with Crippen molar-refractivity contribution >= 4 is 35.4 Å². The van der Waals surface area contributed by atoms with Crippen molar-refractivity contribution in [2.24, 2.45) is 11.1 Å². The first-order valence-electron chi connectivity index (χ1n) is 11.2. The van der Waals surface area contributed by atoms with E-state index in [9.17, 15) is 28.8 Å². The second kappa shape index (κ2) is 10.8. The molecular weight excluding hydrogens is 432 g/mol. The number of carbonyl (C=O) groups excluding carboxylic acids is 6. The average Bonchev–Trinajstić information content (AvgIpc) is 3.37. The van der Waals surface area contributed by atoms with E-state index in [2.05, 4.69) is 10.6 Å². The summed E-state index contributed by atoms with van der Waals surface area (Å²) >= 11 is 0. The summed E-state index contributed by atoms with van der Waals surface area (Å²) in [6.45, 7) is 7.16. The van der Waals surface area contributed by atoms with Crippen LogP contribution in [0.2, 0.25) is 0 Å². The lowest BCUT2D eigenvalue weighted by Crippen LogP contribution is -2.52. The molecule has 4 N–H and O–H groups in total. The van der Waals surface area contributed by atoms with Gasteiger partial charge < -0.3 is 26.0 Å². The van der Waals surface area contributed by atoms with Gasteiger partial charge in [0.2, 0.25) is 17.7 Å². The van der Waals surface area contributed by atoms with Gasteiger partial charge in [0, 0.05) is 24.8 Å². The van der Waals surface area contributed by atoms with Gasteiger partial charge in [0.25, 0.3) is 5.91 Å². The fraction of sp³-hybridized carbons (Fsp3) is 0.727. The second-order valence-corrected chi connectivity index (χ2v) is 9.61. The fourth-order valence-corrected chi connectivity index (χ4v) is 3.96. The van der Waals surface area contributed by atoms with E-state index in [1.807, 2.05) is 0 Å². The summed E-state index contributed by atoms with van der Waals surface area (Å²) in [5.74, 6) is -2.96. The van der Waals surface area contributed by atoms with E-state index in [-0.39, 0.29) is 37.4 Å². The summed E-state index contributed by atoms with van der Waals surface area (Å²) in [6.07, 6.45) is 0.213. The summed E-state index contributed by atoms with van der Waals surface area (Å²) in [6, 6.07) is -2.58. The zero-order chi connectivity index (χ0) is 24.9. The zero-order valence-corrected chi connectivity index (χ0v) is 19.6. The molecule has 11 heteroatoms. The van der Waals surface area contributed by atoms with Gasteiger partial charge in [-0.2, -0.15) is 0 Å². The van der Waals surface area contributed by atoms with Gasteiger partial charge in [0.05, 0.1) is 6.04 Å². The Morgan fingerprint density at radius 1 is 1.21 bits per heavy atom. The van der Waals surface area contributed by atoms with Crippen molar-refractivity contribution in [3.63, 3.8) is 0 Å². The Morgan fingerprint density at radius 3 is 2.42 bits per heavy atom. The van der Waals surface area contributed by atoms with Gasteiger partial charge in [0.1, 0.15) is 12.1 Å². The van der Waals surface area contributed by atoms with Crippen LogP contribution in [0.25, 0.3) is 0 Å². The Morgan fingerprint density at radius 2 is 1.88 bits per heavy atom. The molecule has 0 spiro atoms. The predicted molar refractivity (Wildman–Crippen MR) is 116 cm³/mol. The third-order valence-electron chi connectivity index (χ3n) is 5.81. The molecule has 2 aliphatic rings. The first-order valence-corrected chi connectivity index (χ1v) is 11.2. The van der Waals surface area contributed by atoms with Crippen LogP contribution >= 0.6 is 0 Å². The van der Waals surface area contributed by atoms with Gasteiger partial charge in [0.15, 0.2) is 11.9 Å². The minimum absolute atomic E-state index is 0.0583. The summed E-state index contributed by atoms with van der Waals surface area (Å²) in [7, 11) is 0. The molecule has 2 saturated heterocycles. The molecule has 0 radical (unpaired) electrons. The molecule has 0 aromatic carbocycles. The van der Waals surface area contributed by atoms with E-state index >= 15 is 0 Å².